The molecule has 0 saturated carbocycles. The summed E-state index contributed by atoms with van der Waals surface area (Å²) in [4.78, 5) is 6.17. The Morgan fingerprint density at radius 3 is 2.72 bits per heavy atom. The minimum Gasteiger partial charge on any atom is -0.381 e. The summed E-state index contributed by atoms with van der Waals surface area (Å²) in [5.74, 6) is 0.659. The van der Waals surface area contributed by atoms with Crippen molar-refractivity contribution < 1.29 is 4.74 Å². The smallest absolute Gasteiger partial charge is 0.0954 e. The highest BCUT2D eigenvalue weighted by Crippen LogP contribution is 2.21. The number of hydrogen-bond acceptors (Lipinski definition) is 4. The summed E-state index contributed by atoms with van der Waals surface area (Å²) < 4.78 is 5.40. The van der Waals surface area contributed by atoms with Gasteiger partial charge in [0.15, 0.2) is 0 Å². The standard InChI is InChI=1S/C14H26N2OS/c1-5-15-10-13-12(9-11(3)4)16-14(18-13)7-8-17-6-2/h11,15H,5-10H2,1-4H3. The van der Waals surface area contributed by atoms with E-state index in [1.807, 2.05) is 18.3 Å². The highest BCUT2D eigenvalue weighted by molar-refractivity contribution is 7.11. The van der Waals surface area contributed by atoms with Crippen LogP contribution in [0.2, 0.25) is 0 Å². The number of thiazole rings is 1. The molecule has 0 aliphatic heterocycles. The van der Waals surface area contributed by atoms with Gasteiger partial charge in [-0.05, 0) is 25.8 Å². The van der Waals surface area contributed by atoms with Crippen LogP contribution in [0, 0.1) is 5.92 Å². The van der Waals surface area contributed by atoms with Crippen LogP contribution in [-0.4, -0.2) is 24.7 Å². The second-order valence-corrected chi connectivity index (χ2v) is 5.97. The Bertz CT molecular complexity index is 337. The van der Waals surface area contributed by atoms with E-state index >= 15 is 0 Å². The molecule has 1 aromatic heterocycles. The van der Waals surface area contributed by atoms with Crippen molar-refractivity contribution in [1.82, 2.24) is 10.3 Å². The van der Waals surface area contributed by atoms with Crippen LogP contribution in [0.5, 0.6) is 0 Å². The van der Waals surface area contributed by atoms with Crippen molar-refractivity contribution >= 4 is 11.3 Å². The Morgan fingerprint density at radius 2 is 2.11 bits per heavy atom. The predicted molar refractivity (Wildman–Crippen MR) is 78.2 cm³/mol. The van der Waals surface area contributed by atoms with Gasteiger partial charge in [-0.25, -0.2) is 4.98 Å². The van der Waals surface area contributed by atoms with Gasteiger partial charge in [-0.2, -0.15) is 0 Å². The third-order valence-electron chi connectivity index (χ3n) is 2.62. The van der Waals surface area contributed by atoms with Gasteiger partial charge in [0.25, 0.3) is 0 Å². The molecular formula is C14H26N2OS. The van der Waals surface area contributed by atoms with E-state index in [4.69, 9.17) is 9.72 Å². The first-order valence-electron chi connectivity index (χ1n) is 6.93. The van der Waals surface area contributed by atoms with Gasteiger partial charge < -0.3 is 10.1 Å². The van der Waals surface area contributed by atoms with Crippen molar-refractivity contribution in [2.45, 2.75) is 47.1 Å². The van der Waals surface area contributed by atoms with Crippen molar-refractivity contribution in [3.63, 3.8) is 0 Å². The van der Waals surface area contributed by atoms with Crippen LogP contribution >= 0.6 is 11.3 Å². The lowest BCUT2D eigenvalue weighted by Crippen LogP contribution is -2.12. The van der Waals surface area contributed by atoms with Crippen LogP contribution in [0.15, 0.2) is 0 Å². The molecule has 0 amide bonds. The first-order valence-corrected chi connectivity index (χ1v) is 7.74. The average molecular weight is 270 g/mol. The van der Waals surface area contributed by atoms with Crippen LogP contribution in [0.25, 0.3) is 0 Å². The molecule has 0 saturated heterocycles. The molecular weight excluding hydrogens is 244 g/mol. The molecule has 0 bridgehead atoms. The van der Waals surface area contributed by atoms with Gasteiger partial charge in [-0.3, -0.25) is 0 Å². The third-order valence-corrected chi connectivity index (χ3v) is 3.78. The van der Waals surface area contributed by atoms with Crippen LogP contribution in [0.4, 0.5) is 0 Å². The summed E-state index contributed by atoms with van der Waals surface area (Å²) in [6.45, 7) is 12.2. The summed E-state index contributed by atoms with van der Waals surface area (Å²) in [6, 6.07) is 0. The van der Waals surface area contributed by atoms with Gasteiger partial charge in [-0.15, -0.1) is 11.3 Å². The van der Waals surface area contributed by atoms with E-state index in [2.05, 4.69) is 26.1 Å². The van der Waals surface area contributed by atoms with Gasteiger partial charge in [0, 0.05) is 24.4 Å². The lowest BCUT2D eigenvalue weighted by Gasteiger charge is -2.04. The predicted octanol–water partition coefficient (Wildman–Crippen LogP) is 3.03. The van der Waals surface area contributed by atoms with Crippen molar-refractivity contribution in [1.29, 1.82) is 0 Å². The second-order valence-electron chi connectivity index (χ2n) is 4.80. The largest absolute Gasteiger partial charge is 0.381 e. The SMILES string of the molecule is CCNCc1sc(CCOCC)nc1CC(C)C. The topological polar surface area (TPSA) is 34.1 Å². The average Bonchev–Trinajstić information content (AvgIpc) is 2.68. The number of aromatic nitrogens is 1. The fraction of sp³-hybridized carbons (Fsp3) is 0.786. The highest BCUT2D eigenvalue weighted by atomic mass is 32.1. The van der Waals surface area contributed by atoms with Crippen LogP contribution in [0.3, 0.4) is 0 Å². The Labute approximate surface area is 115 Å². The molecule has 0 radical (unpaired) electrons. The van der Waals surface area contributed by atoms with E-state index in [0.717, 1.165) is 39.1 Å². The second kappa shape index (κ2) is 8.62. The molecule has 18 heavy (non-hydrogen) atoms. The summed E-state index contributed by atoms with van der Waals surface area (Å²) in [5, 5.41) is 4.61. The van der Waals surface area contributed by atoms with E-state index in [1.54, 1.807) is 0 Å². The molecule has 0 aliphatic carbocycles. The zero-order chi connectivity index (χ0) is 13.4. The summed E-state index contributed by atoms with van der Waals surface area (Å²) in [6.07, 6.45) is 2.02. The summed E-state index contributed by atoms with van der Waals surface area (Å²) in [7, 11) is 0. The van der Waals surface area contributed by atoms with Gasteiger partial charge in [0.05, 0.1) is 17.3 Å². The molecule has 1 heterocycles. The monoisotopic (exact) mass is 270 g/mol. The Morgan fingerprint density at radius 1 is 1.33 bits per heavy atom. The zero-order valence-corrected chi connectivity index (χ0v) is 12.9. The van der Waals surface area contributed by atoms with E-state index in [0.29, 0.717) is 5.92 Å². The molecule has 0 spiro atoms. The maximum atomic E-state index is 5.40. The van der Waals surface area contributed by atoms with Gasteiger partial charge >= 0.3 is 0 Å². The normalized spacial score (nSPS) is 11.4. The molecule has 0 aromatic carbocycles. The molecule has 3 nitrogen and oxygen atoms in total. The third kappa shape index (κ3) is 5.46. The minimum atomic E-state index is 0.659. The fourth-order valence-electron chi connectivity index (χ4n) is 1.77. The van der Waals surface area contributed by atoms with Crippen LogP contribution in [-0.2, 0) is 24.1 Å². The molecule has 1 N–H and O–H groups in total. The van der Waals surface area contributed by atoms with Crippen LogP contribution < -0.4 is 5.32 Å². The van der Waals surface area contributed by atoms with E-state index < -0.39 is 0 Å². The van der Waals surface area contributed by atoms with Crippen molar-refractivity contribution in [2.24, 2.45) is 5.92 Å². The van der Waals surface area contributed by atoms with Gasteiger partial charge in [0.1, 0.15) is 0 Å². The molecule has 1 aromatic rings. The van der Waals surface area contributed by atoms with Crippen molar-refractivity contribution in [2.75, 3.05) is 19.8 Å². The number of hydrogen-bond donors (Lipinski definition) is 1. The zero-order valence-electron chi connectivity index (χ0n) is 12.1. The first-order chi connectivity index (χ1) is 8.67. The lowest BCUT2D eigenvalue weighted by atomic mass is 10.1. The van der Waals surface area contributed by atoms with E-state index in [9.17, 15) is 0 Å². The quantitative estimate of drug-likeness (QED) is 0.700. The fourth-order valence-corrected chi connectivity index (χ4v) is 2.82. The minimum absolute atomic E-state index is 0.659. The lowest BCUT2D eigenvalue weighted by molar-refractivity contribution is 0.151. The Kier molecular flexibility index (Phi) is 7.47. The highest BCUT2D eigenvalue weighted by Gasteiger charge is 2.12. The summed E-state index contributed by atoms with van der Waals surface area (Å²) in [5.41, 5.74) is 1.28. The molecule has 0 aliphatic rings. The maximum absolute atomic E-state index is 5.40. The number of rotatable bonds is 9. The Hall–Kier alpha value is -0.450. The molecule has 0 atom stereocenters. The van der Waals surface area contributed by atoms with Gasteiger partial charge in [-0.1, -0.05) is 20.8 Å². The molecule has 1 rings (SSSR count). The number of ether oxygens (including phenoxy) is 1. The molecule has 0 fully saturated rings. The van der Waals surface area contributed by atoms with Crippen LogP contribution in [0.1, 0.15) is 43.3 Å². The van der Waals surface area contributed by atoms with Crippen molar-refractivity contribution in [3.05, 3.63) is 15.6 Å². The van der Waals surface area contributed by atoms with Crippen molar-refractivity contribution in [3.8, 4) is 0 Å². The van der Waals surface area contributed by atoms with E-state index in [-0.39, 0.29) is 0 Å². The number of nitrogens with one attached hydrogen (secondary N) is 1. The van der Waals surface area contributed by atoms with E-state index in [1.165, 1.54) is 15.6 Å². The first kappa shape index (κ1) is 15.6. The molecule has 4 heteroatoms. The molecule has 0 unspecified atom stereocenters. The summed E-state index contributed by atoms with van der Waals surface area (Å²) >= 11 is 1.84. The molecule has 104 valence electrons. The van der Waals surface area contributed by atoms with Gasteiger partial charge in [0.2, 0.25) is 0 Å². The number of nitrogens with zero attached hydrogens (tertiary/aromatic N) is 1. The Balaban J connectivity index is 2.65. The maximum Gasteiger partial charge on any atom is 0.0954 e.